The number of carbonyl (C=O) groups excluding carboxylic acids is 1. The van der Waals surface area contributed by atoms with Crippen LogP contribution in [0.3, 0.4) is 0 Å². The van der Waals surface area contributed by atoms with E-state index in [1.807, 2.05) is 0 Å². The van der Waals surface area contributed by atoms with Crippen molar-refractivity contribution < 1.29 is 37.0 Å². The topological polar surface area (TPSA) is 75.6 Å². The highest BCUT2D eigenvalue weighted by atomic mass is 32.1. The number of hydrogen-bond acceptors (Lipinski definition) is 4. The molecule has 0 saturated heterocycles. The first-order valence-electron chi connectivity index (χ1n) is 8.41. The number of aromatic carboxylic acids is 1. The Balaban J connectivity index is 2.03. The molecule has 5 nitrogen and oxygen atoms in total. The van der Waals surface area contributed by atoms with Crippen LogP contribution in [0.2, 0.25) is 0 Å². The zero-order valence-electron chi connectivity index (χ0n) is 15.3. The summed E-state index contributed by atoms with van der Waals surface area (Å²) in [5, 5.41) is 12.0. The van der Waals surface area contributed by atoms with Gasteiger partial charge in [0.15, 0.2) is 23.3 Å². The summed E-state index contributed by atoms with van der Waals surface area (Å²) in [7, 11) is 0. The molecule has 2 aromatic carbocycles. The maximum Gasteiger partial charge on any atom is 0.346 e. The third-order valence-electron chi connectivity index (χ3n) is 4.05. The maximum absolute atomic E-state index is 14.7. The largest absolute Gasteiger partial charge is 0.481 e. The number of thiophene rings is 1. The molecule has 0 saturated carbocycles. The fraction of sp³-hybridized carbons (Fsp3) is 0.0476. The first-order valence-corrected chi connectivity index (χ1v) is 9.29. The molecule has 10 heteroatoms. The molecule has 31 heavy (non-hydrogen) atoms. The molecule has 1 heterocycles. The maximum atomic E-state index is 14.7. The second-order valence-electron chi connectivity index (χ2n) is 5.95. The molecule has 0 spiro atoms. The summed E-state index contributed by atoms with van der Waals surface area (Å²) in [4.78, 5) is 23.0. The number of nitrogens with one attached hydrogen (secondary N) is 1. The second-order valence-corrected chi connectivity index (χ2v) is 6.87. The molecule has 1 amide bonds. The van der Waals surface area contributed by atoms with E-state index >= 15 is 0 Å². The van der Waals surface area contributed by atoms with Crippen molar-refractivity contribution in [2.24, 2.45) is 0 Å². The SMILES string of the molecule is C#CCOc1cccc(-c2c(F)c(F)c(NC(=O)c3ccsc3C(=O)O)c(F)c2F)c1. The summed E-state index contributed by atoms with van der Waals surface area (Å²) in [5.74, 6) is -7.60. The molecule has 0 aliphatic rings. The van der Waals surface area contributed by atoms with E-state index in [2.05, 4.69) is 5.92 Å². The zero-order valence-corrected chi connectivity index (χ0v) is 16.2. The highest BCUT2D eigenvalue weighted by Gasteiger charge is 2.29. The van der Waals surface area contributed by atoms with Gasteiger partial charge >= 0.3 is 5.97 Å². The Morgan fingerprint density at radius 1 is 1.10 bits per heavy atom. The number of terminal acetylenes is 1. The quantitative estimate of drug-likeness (QED) is 0.318. The highest BCUT2D eigenvalue weighted by molar-refractivity contribution is 7.12. The predicted octanol–water partition coefficient (Wildman–Crippen LogP) is 4.93. The fourth-order valence-corrected chi connectivity index (χ4v) is 3.42. The Labute approximate surface area is 176 Å². The molecule has 0 aliphatic heterocycles. The van der Waals surface area contributed by atoms with Crippen molar-refractivity contribution in [1.82, 2.24) is 0 Å². The van der Waals surface area contributed by atoms with Crippen LogP contribution in [0.4, 0.5) is 23.2 Å². The van der Waals surface area contributed by atoms with E-state index in [0.29, 0.717) is 11.3 Å². The fourth-order valence-electron chi connectivity index (χ4n) is 2.70. The van der Waals surface area contributed by atoms with Gasteiger partial charge in [0.05, 0.1) is 11.1 Å². The molecule has 0 bridgehead atoms. The van der Waals surface area contributed by atoms with Gasteiger partial charge in [0.2, 0.25) is 0 Å². The van der Waals surface area contributed by atoms with Gasteiger partial charge in [-0.1, -0.05) is 18.1 Å². The van der Waals surface area contributed by atoms with E-state index in [1.54, 1.807) is 5.32 Å². The van der Waals surface area contributed by atoms with E-state index in [9.17, 15) is 27.2 Å². The predicted molar refractivity (Wildman–Crippen MR) is 105 cm³/mol. The van der Waals surface area contributed by atoms with Crippen LogP contribution in [0.25, 0.3) is 11.1 Å². The number of rotatable bonds is 6. The Bertz CT molecular complexity index is 1200. The average Bonchev–Trinajstić information content (AvgIpc) is 3.25. The normalized spacial score (nSPS) is 10.4. The number of halogens is 4. The molecule has 0 unspecified atom stereocenters. The average molecular weight is 449 g/mol. The van der Waals surface area contributed by atoms with Crippen LogP contribution in [-0.2, 0) is 0 Å². The van der Waals surface area contributed by atoms with Gasteiger partial charge in [0, 0.05) is 0 Å². The summed E-state index contributed by atoms with van der Waals surface area (Å²) in [6.07, 6.45) is 5.07. The van der Waals surface area contributed by atoms with Gasteiger partial charge in [-0.2, -0.15) is 0 Å². The van der Waals surface area contributed by atoms with E-state index < -0.39 is 56.8 Å². The number of ether oxygens (including phenoxy) is 1. The second kappa shape index (κ2) is 8.89. The van der Waals surface area contributed by atoms with E-state index in [1.165, 1.54) is 23.6 Å². The van der Waals surface area contributed by atoms with Crippen LogP contribution in [0, 0.1) is 35.6 Å². The first kappa shape index (κ1) is 21.9. The van der Waals surface area contributed by atoms with Gasteiger partial charge < -0.3 is 15.2 Å². The first-order chi connectivity index (χ1) is 14.8. The number of hydrogen-bond donors (Lipinski definition) is 2. The third kappa shape index (κ3) is 4.22. The van der Waals surface area contributed by atoms with Crippen molar-refractivity contribution in [1.29, 1.82) is 0 Å². The van der Waals surface area contributed by atoms with Crippen LogP contribution in [0.15, 0.2) is 35.7 Å². The van der Waals surface area contributed by atoms with E-state index in [0.717, 1.165) is 12.1 Å². The Hall–Kier alpha value is -3.84. The minimum absolute atomic E-state index is 0.117. The van der Waals surface area contributed by atoms with Gasteiger partial charge in [0.1, 0.15) is 22.9 Å². The molecule has 158 valence electrons. The zero-order chi connectivity index (χ0) is 22.7. The van der Waals surface area contributed by atoms with E-state index in [4.69, 9.17) is 16.3 Å². The standard InChI is InChI=1S/C21H11F4NO4S/c1-2-7-30-11-5-3-4-10(9-11)13-14(22)16(24)18(17(25)15(13)23)26-20(27)12-6-8-31-19(12)21(28)29/h1,3-6,8-9H,7H2,(H,26,27)(H,28,29). The van der Waals surface area contributed by atoms with Crippen LogP contribution < -0.4 is 10.1 Å². The third-order valence-corrected chi connectivity index (χ3v) is 4.95. The number of carboxylic acids is 1. The Morgan fingerprint density at radius 2 is 1.77 bits per heavy atom. The molecule has 1 aromatic heterocycles. The lowest BCUT2D eigenvalue weighted by atomic mass is 10.0. The summed E-state index contributed by atoms with van der Waals surface area (Å²) in [6, 6.07) is 6.21. The van der Waals surface area contributed by atoms with Crippen LogP contribution in [-0.4, -0.2) is 23.6 Å². The smallest absolute Gasteiger partial charge is 0.346 e. The lowest BCUT2D eigenvalue weighted by Crippen LogP contribution is -2.18. The minimum atomic E-state index is -1.86. The van der Waals surface area contributed by atoms with Crippen LogP contribution >= 0.6 is 11.3 Å². The lowest BCUT2D eigenvalue weighted by molar-refractivity contribution is 0.0698. The van der Waals surface area contributed by atoms with Crippen LogP contribution in [0.1, 0.15) is 20.0 Å². The molecule has 0 atom stereocenters. The molecule has 0 radical (unpaired) electrons. The molecule has 3 aromatic rings. The number of benzene rings is 2. The summed E-state index contributed by atoms with van der Waals surface area (Å²) < 4.78 is 63.7. The molecular weight excluding hydrogens is 438 g/mol. The number of anilines is 1. The molecular formula is C21H11F4NO4S. The van der Waals surface area contributed by atoms with Gasteiger partial charge in [-0.25, -0.2) is 22.4 Å². The Morgan fingerprint density at radius 3 is 2.39 bits per heavy atom. The lowest BCUT2D eigenvalue weighted by Gasteiger charge is -2.14. The highest BCUT2D eigenvalue weighted by Crippen LogP contribution is 2.36. The van der Waals surface area contributed by atoms with Gasteiger partial charge in [-0.3, -0.25) is 4.79 Å². The number of carboxylic acid groups (broad SMARTS) is 1. The summed E-state index contributed by atoms with van der Waals surface area (Å²) >= 11 is 0.698. The van der Waals surface area contributed by atoms with Crippen molar-refractivity contribution in [3.8, 4) is 29.2 Å². The van der Waals surface area contributed by atoms with Crippen LogP contribution in [0.5, 0.6) is 5.75 Å². The molecule has 0 aliphatic carbocycles. The van der Waals surface area contributed by atoms with Gasteiger partial charge in [-0.05, 0) is 29.1 Å². The van der Waals surface area contributed by atoms with Crippen molar-refractivity contribution in [3.63, 3.8) is 0 Å². The van der Waals surface area contributed by atoms with E-state index in [-0.39, 0.29) is 17.9 Å². The number of amides is 1. The van der Waals surface area contributed by atoms with Crippen molar-refractivity contribution in [2.75, 3.05) is 11.9 Å². The van der Waals surface area contributed by atoms with Crippen molar-refractivity contribution in [2.45, 2.75) is 0 Å². The number of carbonyl (C=O) groups is 2. The molecule has 3 rings (SSSR count). The Kier molecular flexibility index (Phi) is 6.27. The molecule has 0 fully saturated rings. The molecule has 2 N–H and O–H groups in total. The monoisotopic (exact) mass is 449 g/mol. The van der Waals surface area contributed by atoms with Gasteiger partial charge in [0.25, 0.3) is 5.91 Å². The van der Waals surface area contributed by atoms with Gasteiger partial charge in [-0.15, -0.1) is 17.8 Å². The van der Waals surface area contributed by atoms with Crippen molar-refractivity contribution in [3.05, 3.63) is 69.4 Å². The summed E-state index contributed by atoms with van der Waals surface area (Å²) in [6.45, 7) is -0.136. The summed E-state index contributed by atoms with van der Waals surface area (Å²) in [5.41, 5.74) is -3.04. The van der Waals surface area contributed by atoms with Crippen molar-refractivity contribution >= 4 is 28.9 Å². The minimum Gasteiger partial charge on any atom is -0.481 e.